The number of carbonyl (C=O) groups is 2. The standard InChI is InChI=1S/C14H12F13IO4/c1-31-7(29)5(3-6(28)8(30)32-2)4-9(15,16)10(17,18)11(19,20)12(21,22)13(23,24)14(25,26)27/h5-6H,3-4H2,1-2H3. The van der Waals surface area contributed by atoms with Gasteiger partial charge in [-0.2, -0.15) is 57.1 Å². The lowest BCUT2D eigenvalue weighted by molar-refractivity contribution is -0.440. The summed E-state index contributed by atoms with van der Waals surface area (Å²) in [5.74, 6) is -43.5. The largest absolute Gasteiger partial charge is 0.469 e. The quantitative estimate of drug-likeness (QED) is 0.145. The second-order valence-corrected chi connectivity index (χ2v) is 7.65. The predicted octanol–water partition coefficient (Wildman–Crippen LogP) is 5.27. The van der Waals surface area contributed by atoms with Crippen LogP contribution in [0.1, 0.15) is 12.8 Å². The molecule has 32 heavy (non-hydrogen) atoms. The highest BCUT2D eigenvalue weighted by atomic mass is 127. The fourth-order valence-electron chi connectivity index (χ4n) is 2.14. The van der Waals surface area contributed by atoms with E-state index in [0.717, 1.165) is 29.7 Å². The summed E-state index contributed by atoms with van der Waals surface area (Å²) in [5, 5.41) is 0. The second-order valence-electron chi connectivity index (χ2n) is 6.15. The molecular formula is C14H12F13IO4. The van der Waals surface area contributed by atoms with Crippen LogP contribution in [0.25, 0.3) is 0 Å². The molecule has 0 spiro atoms. The molecular weight excluding hydrogens is 606 g/mol. The molecule has 0 aromatic heterocycles. The number of carbonyl (C=O) groups excluding carboxylic acids is 2. The zero-order valence-electron chi connectivity index (χ0n) is 15.5. The summed E-state index contributed by atoms with van der Waals surface area (Å²) in [5.41, 5.74) is 0. The van der Waals surface area contributed by atoms with Crippen molar-refractivity contribution in [1.82, 2.24) is 0 Å². The molecule has 0 fully saturated rings. The van der Waals surface area contributed by atoms with Crippen LogP contribution in [0.15, 0.2) is 0 Å². The Morgan fingerprint density at radius 3 is 1.41 bits per heavy atom. The minimum Gasteiger partial charge on any atom is -0.469 e. The molecule has 0 radical (unpaired) electrons. The van der Waals surface area contributed by atoms with Crippen LogP contribution in [0.5, 0.6) is 0 Å². The van der Waals surface area contributed by atoms with E-state index in [1.54, 1.807) is 0 Å². The molecule has 0 saturated carbocycles. The Morgan fingerprint density at radius 2 is 1.06 bits per heavy atom. The highest BCUT2D eigenvalue weighted by Crippen LogP contribution is 2.61. The summed E-state index contributed by atoms with van der Waals surface area (Å²) in [7, 11) is 1.27. The SMILES string of the molecule is COC(=O)C(I)CC(CC(F)(F)C(F)(F)C(F)(F)C(F)(F)C(F)(F)C(F)(F)F)C(=O)OC. The van der Waals surface area contributed by atoms with Gasteiger partial charge in [0, 0.05) is 6.42 Å². The second kappa shape index (κ2) is 9.55. The van der Waals surface area contributed by atoms with Gasteiger partial charge in [-0.05, 0) is 6.42 Å². The third-order valence-electron chi connectivity index (χ3n) is 3.98. The molecule has 0 aliphatic carbocycles. The molecule has 0 aromatic rings. The number of rotatable bonds is 10. The number of halogens is 14. The van der Waals surface area contributed by atoms with E-state index >= 15 is 0 Å². The fraction of sp³-hybridized carbons (Fsp3) is 0.857. The molecule has 190 valence electrons. The van der Waals surface area contributed by atoms with Crippen molar-refractivity contribution in [3.8, 4) is 0 Å². The maximum atomic E-state index is 14.0. The lowest BCUT2D eigenvalue weighted by atomic mass is 9.87. The molecule has 0 rings (SSSR count). The van der Waals surface area contributed by atoms with Crippen molar-refractivity contribution in [2.24, 2.45) is 5.92 Å². The van der Waals surface area contributed by atoms with Gasteiger partial charge in [-0.15, -0.1) is 0 Å². The van der Waals surface area contributed by atoms with Crippen LogP contribution in [0.2, 0.25) is 0 Å². The van der Waals surface area contributed by atoms with E-state index < -0.39 is 70.4 Å². The molecule has 0 heterocycles. The maximum absolute atomic E-state index is 14.0. The highest BCUT2D eigenvalue weighted by Gasteiger charge is 2.90. The van der Waals surface area contributed by atoms with Crippen molar-refractivity contribution >= 4 is 34.5 Å². The minimum atomic E-state index is -8.04. The van der Waals surface area contributed by atoms with Crippen molar-refractivity contribution in [3.63, 3.8) is 0 Å². The van der Waals surface area contributed by atoms with Crippen LogP contribution in [-0.4, -0.2) is 65.9 Å². The third kappa shape index (κ3) is 5.28. The molecule has 18 heteroatoms. The summed E-state index contributed by atoms with van der Waals surface area (Å²) < 4.78 is 177. The van der Waals surface area contributed by atoms with E-state index in [1.807, 2.05) is 0 Å². The zero-order valence-corrected chi connectivity index (χ0v) is 17.7. The van der Waals surface area contributed by atoms with E-state index in [1.165, 1.54) is 0 Å². The van der Waals surface area contributed by atoms with Crippen molar-refractivity contribution in [3.05, 3.63) is 0 Å². The number of hydrogen-bond donors (Lipinski definition) is 0. The molecule has 0 aliphatic rings. The van der Waals surface area contributed by atoms with Crippen molar-refractivity contribution in [2.75, 3.05) is 14.2 Å². The van der Waals surface area contributed by atoms with Crippen LogP contribution in [0, 0.1) is 5.92 Å². The van der Waals surface area contributed by atoms with Gasteiger partial charge in [-0.3, -0.25) is 9.59 Å². The molecule has 0 saturated heterocycles. The average Bonchev–Trinajstić information content (AvgIpc) is 2.64. The molecule has 2 atom stereocenters. The molecule has 0 bridgehead atoms. The number of hydrogen-bond acceptors (Lipinski definition) is 4. The Bertz CT molecular complexity index is 693. The zero-order chi connectivity index (χ0) is 26.1. The van der Waals surface area contributed by atoms with Crippen molar-refractivity contribution in [2.45, 2.75) is 52.6 Å². The van der Waals surface area contributed by atoms with Gasteiger partial charge in [0.05, 0.1) is 20.1 Å². The fourth-order valence-corrected chi connectivity index (χ4v) is 3.01. The Morgan fingerprint density at radius 1 is 0.688 bits per heavy atom. The van der Waals surface area contributed by atoms with Crippen molar-refractivity contribution in [1.29, 1.82) is 0 Å². The van der Waals surface area contributed by atoms with Gasteiger partial charge in [0.15, 0.2) is 0 Å². The summed E-state index contributed by atoms with van der Waals surface area (Å²) in [6.07, 6.45) is -11.5. The molecule has 0 N–H and O–H groups in total. The van der Waals surface area contributed by atoms with E-state index in [4.69, 9.17) is 0 Å². The van der Waals surface area contributed by atoms with Crippen LogP contribution < -0.4 is 0 Å². The number of methoxy groups -OCH3 is 2. The molecule has 0 aromatic carbocycles. The number of alkyl halides is 14. The normalized spacial score (nSPS) is 16.4. The first kappa shape index (κ1) is 30.8. The van der Waals surface area contributed by atoms with Gasteiger partial charge in [-0.1, -0.05) is 22.6 Å². The van der Waals surface area contributed by atoms with E-state index in [2.05, 4.69) is 9.47 Å². The summed E-state index contributed by atoms with van der Waals surface area (Å²) in [4.78, 5) is 22.8. The van der Waals surface area contributed by atoms with E-state index in [-0.39, 0.29) is 0 Å². The van der Waals surface area contributed by atoms with E-state index in [0.29, 0.717) is 7.11 Å². The van der Waals surface area contributed by atoms with Gasteiger partial charge >= 0.3 is 47.7 Å². The predicted molar refractivity (Wildman–Crippen MR) is 85.4 cm³/mol. The van der Waals surface area contributed by atoms with Gasteiger partial charge in [-0.25, -0.2) is 0 Å². The monoisotopic (exact) mass is 618 g/mol. The third-order valence-corrected chi connectivity index (χ3v) is 5.00. The van der Waals surface area contributed by atoms with E-state index in [9.17, 15) is 66.7 Å². The van der Waals surface area contributed by atoms with Gasteiger partial charge in [0.25, 0.3) is 0 Å². The first-order valence-corrected chi connectivity index (χ1v) is 8.96. The van der Waals surface area contributed by atoms with Gasteiger partial charge < -0.3 is 9.47 Å². The summed E-state index contributed by atoms with van der Waals surface area (Å²) in [6.45, 7) is 0. The van der Waals surface area contributed by atoms with Gasteiger partial charge in [0.2, 0.25) is 0 Å². The Balaban J connectivity index is 6.28. The highest BCUT2D eigenvalue weighted by molar-refractivity contribution is 14.1. The Hall–Kier alpha value is -1.24. The molecule has 0 aliphatic heterocycles. The number of esters is 2. The molecule has 0 amide bonds. The molecule has 2 unspecified atom stereocenters. The molecule has 4 nitrogen and oxygen atoms in total. The van der Waals surface area contributed by atoms with Crippen LogP contribution in [0.3, 0.4) is 0 Å². The first-order chi connectivity index (χ1) is 14.0. The van der Waals surface area contributed by atoms with Crippen LogP contribution in [0.4, 0.5) is 57.1 Å². The number of ether oxygens (including phenoxy) is 2. The average molecular weight is 618 g/mol. The van der Waals surface area contributed by atoms with Crippen molar-refractivity contribution < 1.29 is 76.1 Å². The Kier molecular flexibility index (Phi) is 9.18. The lowest BCUT2D eigenvalue weighted by Crippen LogP contribution is -2.70. The first-order valence-electron chi connectivity index (χ1n) is 7.71. The Labute approximate surface area is 183 Å². The summed E-state index contributed by atoms with van der Waals surface area (Å²) >= 11 is 1.15. The van der Waals surface area contributed by atoms with Crippen LogP contribution in [-0.2, 0) is 19.1 Å². The van der Waals surface area contributed by atoms with Gasteiger partial charge in [0.1, 0.15) is 3.92 Å². The summed E-state index contributed by atoms with van der Waals surface area (Å²) in [6, 6.07) is 0. The maximum Gasteiger partial charge on any atom is 0.460 e. The lowest BCUT2D eigenvalue weighted by Gasteiger charge is -2.40. The topological polar surface area (TPSA) is 52.6 Å². The smallest absolute Gasteiger partial charge is 0.460 e. The minimum absolute atomic E-state index is 0.499. The van der Waals surface area contributed by atoms with Crippen LogP contribution >= 0.6 is 22.6 Å².